The molecule has 1 aliphatic heterocycles. The van der Waals surface area contributed by atoms with E-state index in [0.717, 1.165) is 29.1 Å². The molecular weight excluding hydrogens is 523 g/mol. The summed E-state index contributed by atoms with van der Waals surface area (Å²) < 4.78 is 25.1. The summed E-state index contributed by atoms with van der Waals surface area (Å²) in [6.45, 7) is 7.67. The second-order valence-corrected chi connectivity index (χ2v) is 9.73. The molecule has 10 heteroatoms. The number of ketones is 1. The molecule has 1 saturated heterocycles. The van der Waals surface area contributed by atoms with E-state index >= 15 is 0 Å². The summed E-state index contributed by atoms with van der Waals surface area (Å²) in [6.07, 6.45) is 3.29. The number of rotatable bonds is 10. The Morgan fingerprint density at radius 2 is 1.97 bits per heavy atom. The number of hydrogen-bond donors (Lipinski definition) is 1. The zero-order chi connectivity index (χ0) is 28.1. The Labute approximate surface area is 229 Å². The van der Waals surface area contributed by atoms with Crippen molar-refractivity contribution in [3.63, 3.8) is 0 Å². The number of benzene rings is 2. The van der Waals surface area contributed by atoms with Crippen LogP contribution in [0.1, 0.15) is 52.3 Å². The number of aliphatic hydroxyl groups excluding tert-OH is 1. The Bertz CT molecular complexity index is 1450. The number of carbonyl (C=O) groups excluding carboxylic acids is 3. The number of thiazole rings is 1. The lowest BCUT2D eigenvalue weighted by atomic mass is 9.95. The normalized spacial score (nSPS) is 16.4. The first-order valence-electron chi connectivity index (χ1n) is 12.3. The highest BCUT2D eigenvalue weighted by Gasteiger charge is 2.48. The fourth-order valence-corrected chi connectivity index (χ4v) is 5.08. The Morgan fingerprint density at radius 3 is 2.64 bits per heavy atom. The molecule has 1 N–H and O–H groups in total. The fraction of sp³-hybridized carbons (Fsp3) is 0.241. The molecule has 1 atom stereocenters. The van der Waals surface area contributed by atoms with Gasteiger partial charge in [-0.1, -0.05) is 49.5 Å². The van der Waals surface area contributed by atoms with Gasteiger partial charge in [-0.05, 0) is 55.3 Å². The number of ether oxygens (including phenoxy) is 2. The van der Waals surface area contributed by atoms with Gasteiger partial charge in [-0.25, -0.2) is 14.2 Å². The van der Waals surface area contributed by atoms with E-state index in [2.05, 4.69) is 18.5 Å². The van der Waals surface area contributed by atoms with Gasteiger partial charge in [0, 0.05) is 5.56 Å². The zero-order valence-electron chi connectivity index (χ0n) is 21.5. The smallest absolute Gasteiger partial charge is 0.350 e. The molecule has 1 amide bonds. The lowest BCUT2D eigenvalue weighted by molar-refractivity contribution is -0.132. The van der Waals surface area contributed by atoms with Gasteiger partial charge >= 0.3 is 11.9 Å². The van der Waals surface area contributed by atoms with Crippen LogP contribution in [0.5, 0.6) is 5.75 Å². The molecule has 39 heavy (non-hydrogen) atoms. The average Bonchev–Trinajstić information content (AvgIpc) is 3.44. The van der Waals surface area contributed by atoms with E-state index in [4.69, 9.17) is 9.47 Å². The Hall–Kier alpha value is -4.31. The van der Waals surface area contributed by atoms with Crippen molar-refractivity contribution in [1.82, 2.24) is 4.98 Å². The number of nitrogens with zero attached hydrogens (tertiary/aromatic N) is 2. The van der Waals surface area contributed by atoms with Crippen molar-refractivity contribution in [3.05, 3.63) is 94.3 Å². The van der Waals surface area contributed by atoms with Crippen LogP contribution in [0.4, 0.5) is 9.52 Å². The lowest BCUT2D eigenvalue weighted by Crippen LogP contribution is -2.29. The number of carbonyl (C=O) groups is 3. The Morgan fingerprint density at radius 1 is 1.23 bits per heavy atom. The minimum Gasteiger partial charge on any atom is -0.507 e. The zero-order valence-corrected chi connectivity index (χ0v) is 22.3. The van der Waals surface area contributed by atoms with Crippen molar-refractivity contribution >= 4 is 39.9 Å². The van der Waals surface area contributed by atoms with Crippen LogP contribution in [-0.2, 0) is 14.3 Å². The Balaban J connectivity index is 1.80. The van der Waals surface area contributed by atoms with Gasteiger partial charge < -0.3 is 14.6 Å². The summed E-state index contributed by atoms with van der Waals surface area (Å²) in [6, 6.07) is 10.7. The largest absolute Gasteiger partial charge is 0.507 e. The van der Waals surface area contributed by atoms with Gasteiger partial charge in [0.25, 0.3) is 5.78 Å². The van der Waals surface area contributed by atoms with Crippen LogP contribution >= 0.6 is 11.3 Å². The number of halogens is 1. The van der Waals surface area contributed by atoms with Gasteiger partial charge in [-0.3, -0.25) is 14.5 Å². The summed E-state index contributed by atoms with van der Waals surface area (Å²) in [4.78, 5) is 44.7. The van der Waals surface area contributed by atoms with Crippen molar-refractivity contribution in [2.75, 3.05) is 18.1 Å². The van der Waals surface area contributed by atoms with Gasteiger partial charge in [0.05, 0.1) is 23.9 Å². The number of Topliss-reactive ketones (excluding diaryl/α,β-unsaturated/α-hetero) is 1. The number of hydrogen-bond acceptors (Lipinski definition) is 8. The molecule has 0 saturated carbocycles. The topological polar surface area (TPSA) is 106 Å². The minimum atomic E-state index is -1.19. The monoisotopic (exact) mass is 550 g/mol. The predicted molar refractivity (Wildman–Crippen MR) is 145 cm³/mol. The first-order valence-corrected chi connectivity index (χ1v) is 13.1. The van der Waals surface area contributed by atoms with Gasteiger partial charge in [0.15, 0.2) is 5.13 Å². The fourth-order valence-electron chi connectivity index (χ4n) is 4.10. The highest BCUT2D eigenvalue weighted by molar-refractivity contribution is 7.17. The Kier molecular flexibility index (Phi) is 8.55. The van der Waals surface area contributed by atoms with Gasteiger partial charge in [0.1, 0.15) is 28.8 Å². The predicted octanol–water partition coefficient (Wildman–Crippen LogP) is 5.74. The van der Waals surface area contributed by atoms with E-state index in [0.29, 0.717) is 18.1 Å². The number of anilines is 1. The van der Waals surface area contributed by atoms with Crippen molar-refractivity contribution in [3.8, 4) is 5.75 Å². The summed E-state index contributed by atoms with van der Waals surface area (Å²) in [5.74, 6) is -3.01. The standard InChI is InChI=1S/C29H27FN2O6S/c1-4-6-15-37-21-12-10-18(11-13-21)24(33)22-23(19-8-7-9-20(30)16-19)32(27(35)25(22)34)29-31-17(3)26(39-29)28(36)38-14-5-2/h5,7-13,16,23,33H,2,4,6,14-15H2,1,3H3/b24-22-. The third-order valence-electron chi connectivity index (χ3n) is 6.01. The quantitative estimate of drug-likeness (QED) is 0.0857. The summed E-state index contributed by atoms with van der Waals surface area (Å²) in [7, 11) is 0. The van der Waals surface area contributed by atoms with Gasteiger partial charge in [-0.15, -0.1) is 0 Å². The highest BCUT2D eigenvalue weighted by Crippen LogP contribution is 2.44. The molecule has 1 fully saturated rings. The summed E-state index contributed by atoms with van der Waals surface area (Å²) in [5, 5.41) is 11.3. The molecule has 8 nitrogen and oxygen atoms in total. The van der Waals surface area contributed by atoms with E-state index in [-0.39, 0.29) is 33.3 Å². The van der Waals surface area contributed by atoms with Crippen molar-refractivity contribution in [1.29, 1.82) is 0 Å². The molecule has 0 spiro atoms. The van der Waals surface area contributed by atoms with Gasteiger partial charge in [-0.2, -0.15) is 0 Å². The maximum absolute atomic E-state index is 14.3. The molecule has 1 aromatic heterocycles. The molecule has 3 aromatic rings. The summed E-state index contributed by atoms with van der Waals surface area (Å²) >= 11 is 0.863. The maximum Gasteiger partial charge on any atom is 0.350 e. The van der Waals surface area contributed by atoms with Crippen LogP contribution < -0.4 is 9.64 Å². The SMILES string of the molecule is C=CCOC(=O)c1sc(N2C(=O)C(=O)/C(=C(\O)c3ccc(OCCCC)cc3)C2c2cccc(F)c2)nc1C. The number of aliphatic hydroxyl groups is 1. The second-order valence-electron chi connectivity index (χ2n) is 8.75. The maximum atomic E-state index is 14.3. The van der Waals surface area contributed by atoms with E-state index in [1.165, 1.54) is 24.3 Å². The first kappa shape index (κ1) is 27.7. The average molecular weight is 551 g/mol. The van der Waals surface area contributed by atoms with Gasteiger partial charge in [0.2, 0.25) is 0 Å². The van der Waals surface area contributed by atoms with Crippen molar-refractivity contribution in [2.45, 2.75) is 32.7 Å². The van der Waals surface area contributed by atoms with Crippen LogP contribution in [-0.4, -0.2) is 41.0 Å². The highest BCUT2D eigenvalue weighted by atomic mass is 32.1. The molecule has 1 unspecified atom stereocenters. The van der Waals surface area contributed by atoms with Crippen molar-refractivity contribution < 1.29 is 33.4 Å². The lowest BCUT2D eigenvalue weighted by Gasteiger charge is -2.23. The summed E-state index contributed by atoms with van der Waals surface area (Å²) in [5.41, 5.74) is 0.594. The van der Waals surface area contributed by atoms with Crippen LogP contribution in [0.15, 0.2) is 66.8 Å². The first-order chi connectivity index (χ1) is 18.8. The minimum absolute atomic E-state index is 0.0122. The van der Waals surface area contributed by atoms with Crippen LogP contribution in [0.2, 0.25) is 0 Å². The molecule has 202 valence electrons. The molecule has 0 radical (unpaired) electrons. The number of unbranched alkanes of at least 4 members (excludes halogenated alkanes) is 1. The number of aromatic nitrogens is 1. The number of esters is 1. The molecule has 0 aliphatic carbocycles. The third-order valence-corrected chi connectivity index (χ3v) is 7.15. The number of aryl methyl sites for hydroxylation is 1. The number of amides is 1. The van der Waals surface area contributed by atoms with E-state index in [1.807, 2.05) is 0 Å². The van der Waals surface area contributed by atoms with Crippen molar-refractivity contribution in [2.24, 2.45) is 0 Å². The van der Waals surface area contributed by atoms with E-state index < -0.39 is 35.3 Å². The van der Waals surface area contributed by atoms with E-state index in [9.17, 15) is 23.9 Å². The van der Waals surface area contributed by atoms with Crippen LogP contribution in [0.3, 0.4) is 0 Å². The van der Waals surface area contributed by atoms with E-state index in [1.54, 1.807) is 37.3 Å². The second kappa shape index (κ2) is 12.0. The van der Waals surface area contributed by atoms with Crippen LogP contribution in [0, 0.1) is 12.7 Å². The molecular formula is C29H27FN2O6S. The molecule has 2 heterocycles. The molecule has 0 bridgehead atoms. The van der Waals surface area contributed by atoms with Crippen LogP contribution in [0.25, 0.3) is 5.76 Å². The molecule has 1 aliphatic rings. The third kappa shape index (κ3) is 5.75. The molecule has 4 rings (SSSR count). The molecule has 2 aromatic carbocycles.